The number of aromatic amines is 1. The largest absolute Gasteiger partial charge is 0.361 e. The Morgan fingerprint density at radius 1 is 0.800 bits per heavy atom. The summed E-state index contributed by atoms with van der Waals surface area (Å²) in [5.74, 6) is 0.113. The number of pyridine rings is 1. The molecule has 0 saturated carbocycles. The van der Waals surface area contributed by atoms with Gasteiger partial charge in [0, 0.05) is 52.9 Å². The summed E-state index contributed by atoms with van der Waals surface area (Å²) in [5.41, 5.74) is 8.24. The maximum atomic E-state index is 5.04. The fourth-order valence-corrected chi connectivity index (χ4v) is 4.68. The Bertz CT molecular complexity index is 1430. The highest BCUT2D eigenvalue weighted by Crippen LogP contribution is 2.46. The summed E-state index contributed by atoms with van der Waals surface area (Å²) in [6.45, 7) is 0. The lowest BCUT2D eigenvalue weighted by Gasteiger charge is -2.32. The van der Waals surface area contributed by atoms with Crippen LogP contribution in [0.25, 0.3) is 27.4 Å². The van der Waals surface area contributed by atoms with Crippen molar-refractivity contribution in [2.75, 3.05) is 11.9 Å². The normalized spacial score (nSPS) is 16.0. The molecule has 0 radical (unpaired) electrons. The third kappa shape index (κ3) is 2.56. The number of aromatic nitrogens is 2. The van der Waals surface area contributed by atoms with Crippen molar-refractivity contribution in [3.63, 3.8) is 0 Å². The summed E-state index contributed by atoms with van der Waals surface area (Å²) in [5, 5.41) is 2.42. The number of benzene rings is 3. The summed E-state index contributed by atoms with van der Waals surface area (Å²) in [4.78, 5) is 10.7. The molecule has 3 heterocycles. The Morgan fingerprint density at radius 2 is 1.60 bits per heavy atom. The third-order valence-electron chi connectivity index (χ3n) is 6.10. The molecule has 6 rings (SSSR count). The summed E-state index contributed by atoms with van der Waals surface area (Å²) < 4.78 is 0. The number of hydrogen-bond acceptors (Lipinski definition) is 2. The van der Waals surface area contributed by atoms with Crippen LogP contribution in [-0.2, 0) is 0 Å². The van der Waals surface area contributed by atoms with E-state index in [0.717, 1.165) is 22.1 Å². The van der Waals surface area contributed by atoms with Crippen molar-refractivity contribution in [2.24, 2.45) is 0 Å². The molecule has 144 valence electrons. The van der Waals surface area contributed by atoms with Crippen LogP contribution in [0.2, 0.25) is 0 Å². The molecule has 3 aromatic carbocycles. The average Bonchev–Trinajstić information content (AvgIpc) is 3.22. The third-order valence-corrected chi connectivity index (χ3v) is 6.10. The number of hydrogen-bond donors (Lipinski definition) is 1. The van der Waals surface area contributed by atoms with E-state index in [1.54, 1.807) is 0 Å². The van der Waals surface area contributed by atoms with Crippen molar-refractivity contribution in [3.05, 3.63) is 114 Å². The van der Waals surface area contributed by atoms with Gasteiger partial charge in [-0.25, -0.2) is 4.98 Å². The summed E-state index contributed by atoms with van der Waals surface area (Å²) >= 11 is 0. The maximum Gasteiger partial charge on any atom is 0.0709 e. The van der Waals surface area contributed by atoms with Crippen molar-refractivity contribution in [2.45, 2.75) is 5.92 Å². The number of allylic oxidation sites excluding steroid dienone is 1. The maximum absolute atomic E-state index is 5.04. The molecule has 2 aromatic heterocycles. The first-order valence-electron chi connectivity index (χ1n) is 10.3. The summed E-state index contributed by atoms with van der Waals surface area (Å²) in [7, 11) is 2.12. The van der Waals surface area contributed by atoms with Crippen LogP contribution in [-0.4, -0.2) is 17.0 Å². The smallest absolute Gasteiger partial charge is 0.0709 e. The van der Waals surface area contributed by atoms with Gasteiger partial charge in [0.2, 0.25) is 0 Å². The lowest BCUT2D eigenvalue weighted by atomic mass is 9.80. The van der Waals surface area contributed by atoms with Gasteiger partial charge in [-0.15, -0.1) is 0 Å². The van der Waals surface area contributed by atoms with Gasteiger partial charge < -0.3 is 9.88 Å². The molecule has 0 spiro atoms. The molecule has 30 heavy (non-hydrogen) atoms. The second-order valence-electron chi connectivity index (χ2n) is 7.87. The molecule has 0 bridgehead atoms. The monoisotopic (exact) mass is 387 g/mol. The minimum atomic E-state index is 0.113. The number of rotatable bonds is 2. The van der Waals surface area contributed by atoms with Crippen molar-refractivity contribution in [1.29, 1.82) is 0 Å². The van der Waals surface area contributed by atoms with Crippen LogP contribution in [0.15, 0.2) is 97.3 Å². The minimum Gasteiger partial charge on any atom is -0.361 e. The van der Waals surface area contributed by atoms with Gasteiger partial charge in [0.15, 0.2) is 0 Å². The van der Waals surface area contributed by atoms with E-state index in [0.29, 0.717) is 0 Å². The van der Waals surface area contributed by atoms with Crippen molar-refractivity contribution in [3.8, 4) is 0 Å². The highest BCUT2D eigenvalue weighted by atomic mass is 15.1. The predicted molar refractivity (Wildman–Crippen MR) is 125 cm³/mol. The van der Waals surface area contributed by atoms with Crippen LogP contribution in [0, 0.1) is 0 Å². The number of fused-ring (bicyclic) bond motifs is 3. The van der Waals surface area contributed by atoms with Gasteiger partial charge >= 0.3 is 0 Å². The van der Waals surface area contributed by atoms with Crippen LogP contribution in [0.3, 0.4) is 0 Å². The SMILES string of the molecule is CN1C=C(c2ccc3ccccc3n2)C(c2c[nH]c3ccccc23)c2ccccc21. The molecule has 3 nitrogen and oxygen atoms in total. The molecular weight excluding hydrogens is 366 g/mol. The molecule has 1 aliphatic heterocycles. The van der Waals surface area contributed by atoms with E-state index >= 15 is 0 Å². The van der Waals surface area contributed by atoms with Gasteiger partial charge in [0.25, 0.3) is 0 Å². The molecule has 0 fully saturated rings. The van der Waals surface area contributed by atoms with Crippen molar-refractivity contribution < 1.29 is 0 Å². The first kappa shape index (κ1) is 17.0. The molecule has 1 aliphatic rings. The van der Waals surface area contributed by atoms with E-state index in [1.807, 2.05) is 6.07 Å². The Morgan fingerprint density at radius 3 is 2.57 bits per heavy atom. The Kier molecular flexibility index (Phi) is 3.75. The van der Waals surface area contributed by atoms with Crippen LogP contribution < -0.4 is 4.90 Å². The zero-order valence-corrected chi connectivity index (χ0v) is 16.7. The van der Waals surface area contributed by atoms with Gasteiger partial charge in [0.1, 0.15) is 0 Å². The molecule has 1 N–H and O–H groups in total. The number of nitrogens with zero attached hydrogens (tertiary/aromatic N) is 2. The molecular formula is C27H21N3. The van der Waals surface area contributed by atoms with E-state index < -0.39 is 0 Å². The lowest BCUT2D eigenvalue weighted by molar-refractivity contribution is 0.983. The standard InChI is InChI=1S/C27H21N3/c1-30-17-22(25-15-14-18-8-2-5-11-23(18)29-25)27(20-10-4-7-13-26(20)30)21-16-28-24-12-6-3-9-19(21)24/h2-17,27-28H,1H3. The topological polar surface area (TPSA) is 31.9 Å². The van der Waals surface area contributed by atoms with Crippen LogP contribution in [0.1, 0.15) is 22.7 Å². The zero-order valence-electron chi connectivity index (χ0n) is 16.7. The fraction of sp³-hybridized carbons (Fsp3) is 0.0741. The lowest BCUT2D eigenvalue weighted by Crippen LogP contribution is -2.21. The van der Waals surface area contributed by atoms with E-state index in [2.05, 4.69) is 108 Å². The summed E-state index contributed by atoms with van der Waals surface area (Å²) in [6, 6.07) is 29.8. The second-order valence-corrected chi connectivity index (χ2v) is 7.87. The zero-order chi connectivity index (χ0) is 20.1. The second kappa shape index (κ2) is 6.60. The van der Waals surface area contributed by atoms with Gasteiger partial charge in [-0.1, -0.05) is 60.7 Å². The quantitative estimate of drug-likeness (QED) is 0.383. The van der Waals surface area contributed by atoms with Gasteiger partial charge in [-0.3, -0.25) is 0 Å². The molecule has 1 atom stereocenters. The van der Waals surface area contributed by atoms with Crippen LogP contribution in [0.4, 0.5) is 5.69 Å². The van der Waals surface area contributed by atoms with E-state index in [9.17, 15) is 0 Å². The molecule has 1 unspecified atom stereocenters. The first-order chi connectivity index (χ1) is 14.8. The highest BCUT2D eigenvalue weighted by molar-refractivity contribution is 5.92. The molecule has 0 saturated heterocycles. The van der Waals surface area contributed by atoms with Crippen LogP contribution >= 0.6 is 0 Å². The number of nitrogens with one attached hydrogen (secondary N) is 1. The molecule has 0 aliphatic carbocycles. The molecule has 5 aromatic rings. The van der Waals surface area contributed by atoms with E-state index in [-0.39, 0.29) is 5.92 Å². The van der Waals surface area contributed by atoms with Gasteiger partial charge in [-0.2, -0.15) is 0 Å². The predicted octanol–water partition coefficient (Wildman–Crippen LogP) is 6.34. The van der Waals surface area contributed by atoms with Crippen LogP contribution in [0.5, 0.6) is 0 Å². The summed E-state index contributed by atoms with van der Waals surface area (Å²) in [6.07, 6.45) is 4.40. The molecule has 3 heteroatoms. The van der Waals surface area contributed by atoms with E-state index in [1.165, 1.54) is 27.8 Å². The van der Waals surface area contributed by atoms with Crippen molar-refractivity contribution in [1.82, 2.24) is 9.97 Å². The number of anilines is 1. The van der Waals surface area contributed by atoms with Gasteiger partial charge in [0.05, 0.1) is 11.2 Å². The first-order valence-corrected chi connectivity index (χ1v) is 10.3. The van der Waals surface area contributed by atoms with E-state index in [4.69, 9.17) is 4.98 Å². The highest BCUT2D eigenvalue weighted by Gasteiger charge is 2.30. The molecule has 0 amide bonds. The van der Waals surface area contributed by atoms with Gasteiger partial charge in [-0.05, 0) is 35.4 Å². The Hall–Kier alpha value is -3.85. The average molecular weight is 387 g/mol. The number of H-pyrrole nitrogens is 1. The fourth-order valence-electron chi connectivity index (χ4n) is 4.68. The van der Waals surface area contributed by atoms with Crippen molar-refractivity contribution >= 4 is 33.1 Å². The number of para-hydroxylation sites is 3. The Balaban J connectivity index is 1.61. The Labute approximate surface area is 175 Å². The minimum absolute atomic E-state index is 0.113.